The molecule has 0 fully saturated rings. The molecule has 1 N–H and O–H groups in total. The fourth-order valence-corrected chi connectivity index (χ4v) is 2.97. The SMILES string of the molecule is C[C@H](NC(=O)Cn1ccn(Cc2ccc(Cl)cc2)c(=O)c1=O)c1ccccc1. The van der Waals surface area contributed by atoms with Gasteiger partial charge in [-0.15, -0.1) is 0 Å². The normalized spacial score (nSPS) is 11.8. The monoisotopic (exact) mass is 397 g/mol. The van der Waals surface area contributed by atoms with Crippen LogP contribution in [-0.2, 0) is 17.9 Å². The van der Waals surface area contributed by atoms with Crippen LogP contribution in [0.5, 0.6) is 0 Å². The highest BCUT2D eigenvalue weighted by molar-refractivity contribution is 6.30. The van der Waals surface area contributed by atoms with Crippen molar-refractivity contribution in [1.29, 1.82) is 0 Å². The molecule has 1 amide bonds. The summed E-state index contributed by atoms with van der Waals surface area (Å²) in [5.41, 5.74) is 0.389. The van der Waals surface area contributed by atoms with E-state index in [4.69, 9.17) is 11.6 Å². The van der Waals surface area contributed by atoms with Gasteiger partial charge >= 0.3 is 11.1 Å². The lowest BCUT2D eigenvalue weighted by atomic mass is 10.1. The molecule has 0 aliphatic rings. The fourth-order valence-electron chi connectivity index (χ4n) is 2.84. The lowest BCUT2D eigenvalue weighted by molar-refractivity contribution is -0.122. The van der Waals surface area contributed by atoms with Gasteiger partial charge in [0.25, 0.3) is 0 Å². The number of carbonyl (C=O) groups excluding carboxylic acids is 1. The van der Waals surface area contributed by atoms with Crippen molar-refractivity contribution in [3.8, 4) is 0 Å². The van der Waals surface area contributed by atoms with E-state index in [2.05, 4.69) is 5.32 Å². The van der Waals surface area contributed by atoms with Crippen LogP contribution >= 0.6 is 11.6 Å². The zero-order valence-corrected chi connectivity index (χ0v) is 16.1. The van der Waals surface area contributed by atoms with Crippen molar-refractivity contribution in [3.05, 3.63) is 104 Å². The quantitative estimate of drug-likeness (QED) is 0.650. The number of hydrogen-bond donors (Lipinski definition) is 1. The zero-order valence-electron chi connectivity index (χ0n) is 15.3. The molecular weight excluding hydrogens is 378 g/mol. The molecule has 0 unspecified atom stereocenters. The number of benzene rings is 2. The predicted molar refractivity (Wildman–Crippen MR) is 109 cm³/mol. The van der Waals surface area contributed by atoms with Gasteiger partial charge in [0.15, 0.2) is 0 Å². The van der Waals surface area contributed by atoms with Crippen molar-refractivity contribution in [1.82, 2.24) is 14.5 Å². The maximum Gasteiger partial charge on any atom is 0.316 e. The first-order valence-corrected chi connectivity index (χ1v) is 9.20. The lowest BCUT2D eigenvalue weighted by Crippen LogP contribution is -2.43. The number of nitrogens with zero attached hydrogens (tertiary/aromatic N) is 2. The molecule has 1 heterocycles. The van der Waals surface area contributed by atoms with Crippen molar-refractivity contribution < 1.29 is 4.79 Å². The molecule has 7 heteroatoms. The number of amides is 1. The smallest absolute Gasteiger partial charge is 0.316 e. The summed E-state index contributed by atoms with van der Waals surface area (Å²) in [5, 5.41) is 3.43. The van der Waals surface area contributed by atoms with E-state index in [1.165, 1.54) is 17.0 Å². The van der Waals surface area contributed by atoms with Gasteiger partial charge < -0.3 is 9.88 Å². The Labute approximate surface area is 167 Å². The first kappa shape index (κ1) is 19.6. The Morgan fingerprint density at radius 2 is 1.57 bits per heavy atom. The van der Waals surface area contributed by atoms with Crippen molar-refractivity contribution in [2.75, 3.05) is 0 Å². The van der Waals surface area contributed by atoms with Crippen LogP contribution in [0.4, 0.5) is 0 Å². The highest BCUT2D eigenvalue weighted by Crippen LogP contribution is 2.11. The fraction of sp³-hybridized carbons (Fsp3) is 0.190. The van der Waals surface area contributed by atoms with Crippen LogP contribution in [0.15, 0.2) is 76.6 Å². The summed E-state index contributed by atoms with van der Waals surface area (Å²) in [5.74, 6) is -0.340. The van der Waals surface area contributed by atoms with Crippen LogP contribution in [-0.4, -0.2) is 15.0 Å². The van der Waals surface area contributed by atoms with Gasteiger partial charge in [-0.3, -0.25) is 19.0 Å². The first-order chi connectivity index (χ1) is 13.4. The second kappa shape index (κ2) is 8.71. The van der Waals surface area contributed by atoms with Gasteiger partial charge in [0.2, 0.25) is 5.91 Å². The second-order valence-electron chi connectivity index (χ2n) is 6.49. The van der Waals surface area contributed by atoms with Crippen LogP contribution in [0.25, 0.3) is 0 Å². The highest BCUT2D eigenvalue weighted by Gasteiger charge is 2.12. The number of aromatic nitrogens is 2. The van der Waals surface area contributed by atoms with Crippen LogP contribution in [0.1, 0.15) is 24.1 Å². The third-order valence-electron chi connectivity index (χ3n) is 4.39. The molecule has 1 aromatic heterocycles. The van der Waals surface area contributed by atoms with Gasteiger partial charge in [0.05, 0.1) is 12.6 Å². The maximum absolute atomic E-state index is 12.4. The second-order valence-corrected chi connectivity index (χ2v) is 6.93. The molecule has 144 valence electrons. The van der Waals surface area contributed by atoms with Gasteiger partial charge in [0.1, 0.15) is 6.54 Å². The van der Waals surface area contributed by atoms with Gasteiger partial charge in [-0.2, -0.15) is 0 Å². The minimum absolute atomic E-state index is 0.199. The number of carbonyl (C=O) groups is 1. The van der Waals surface area contributed by atoms with Gasteiger partial charge in [-0.25, -0.2) is 0 Å². The van der Waals surface area contributed by atoms with Crippen molar-refractivity contribution >= 4 is 17.5 Å². The third-order valence-corrected chi connectivity index (χ3v) is 4.64. The van der Waals surface area contributed by atoms with Crippen molar-refractivity contribution in [2.45, 2.75) is 26.1 Å². The summed E-state index contributed by atoms with van der Waals surface area (Å²) in [7, 11) is 0. The summed E-state index contributed by atoms with van der Waals surface area (Å²) < 4.78 is 2.43. The van der Waals surface area contributed by atoms with Gasteiger partial charge in [-0.1, -0.05) is 54.1 Å². The highest BCUT2D eigenvalue weighted by atomic mass is 35.5. The summed E-state index contributed by atoms with van der Waals surface area (Å²) in [6.07, 6.45) is 2.96. The summed E-state index contributed by atoms with van der Waals surface area (Å²) in [6, 6.07) is 16.3. The van der Waals surface area contributed by atoms with Gasteiger partial charge in [-0.05, 0) is 30.2 Å². The molecule has 3 aromatic rings. The van der Waals surface area contributed by atoms with Crippen LogP contribution in [0.2, 0.25) is 5.02 Å². The standard InChI is InChI=1S/C21H20ClN3O3/c1-15(17-5-3-2-4-6-17)23-19(26)14-25-12-11-24(20(27)21(25)28)13-16-7-9-18(22)10-8-16/h2-12,15H,13-14H2,1H3,(H,23,26)/t15-/m0/s1. The van der Waals surface area contributed by atoms with E-state index in [1.54, 1.807) is 24.3 Å². The van der Waals surface area contributed by atoms with E-state index in [-0.39, 0.29) is 25.0 Å². The minimum atomic E-state index is -0.737. The molecule has 0 aliphatic carbocycles. The number of rotatable bonds is 6. The number of hydrogen-bond acceptors (Lipinski definition) is 3. The summed E-state index contributed by atoms with van der Waals surface area (Å²) >= 11 is 5.86. The van der Waals surface area contributed by atoms with Crippen LogP contribution in [0.3, 0.4) is 0 Å². The molecule has 6 nitrogen and oxygen atoms in total. The average Bonchev–Trinajstić information content (AvgIpc) is 2.70. The minimum Gasteiger partial charge on any atom is -0.348 e. The molecule has 0 spiro atoms. The van der Waals surface area contributed by atoms with Crippen molar-refractivity contribution in [2.24, 2.45) is 0 Å². The van der Waals surface area contributed by atoms with E-state index >= 15 is 0 Å². The Morgan fingerprint density at radius 3 is 2.25 bits per heavy atom. The summed E-state index contributed by atoms with van der Waals surface area (Å²) in [6.45, 7) is 1.90. The molecule has 2 aromatic carbocycles. The Bertz CT molecular complexity index is 1070. The zero-order chi connectivity index (χ0) is 20.1. The molecule has 0 saturated carbocycles. The number of halogens is 1. The van der Waals surface area contributed by atoms with Gasteiger partial charge in [0, 0.05) is 17.4 Å². The Kier molecular flexibility index (Phi) is 6.11. The molecule has 3 rings (SSSR count). The Hall–Kier alpha value is -3.12. The first-order valence-electron chi connectivity index (χ1n) is 8.82. The number of nitrogens with one attached hydrogen (secondary N) is 1. The molecule has 0 bridgehead atoms. The van der Waals surface area contributed by atoms with E-state index in [0.717, 1.165) is 15.7 Å². The van der Waals surface area contributed by atoms with Crippen molar-refractivity contribution in [3.63, 3.8) is 0 Å². The molecule has 28 heavy (non-hydrogen) atoms. The topological polar surface area (TPSA) is 73.1 Å². The Morgan fingerprint density at radius 1 is 0.964 bits per heavy atom. The van der Waals surface area contributed by atoms with E-state index < -0.39 is 11.1 Å². The molecule has 0 aliphatic heterocycles. The largest absolute Gasteiger partial charge is 0.348 e. The Balaban J connectivity index is 1.70. The van der Waals surface area contributed by atoms with Crippen LogP contribution < -0.4 is 16.4 Å². The molecular formula is C21H20ClN3O3. The predicted octanol–water partition coefficient (Wildman–Crippen LogP) is 2.59. The molecule has 0 saturated heterocycles. The van der Waals surface area contributed by atoms with E-state index in [9.17, 15) is 14.4 Å². The third kappa shape index (κ3) is 4.78. The maximum atomic E-state index is 12.4. The van der Waals surface area contributed by atoms with Crippen LogP contribution in [0, 0.1) is 0 Å². The lowest BCUT2D eigenvalue weighted by Gasteiger charge is -2.15. The average molecular weight is 398 g/mol. The molecule has 0 radical (unpaired) electrons. The summed E-state index contributed by atoms with van der Waals surface area (Å²) in [4.78, 5) is 37.0. The van der Waals surface area contributed by atoms with E-state index in [1.807, 2.05) is 37.3 Å². The van der Waals surface area contributed by atoms with E-state index in [0.29, 0.717) is 5.02 Å². The molecule has 1 atom stereocenters.